The summed E-state index contributed by atoms with van der Waals surface area (Å²) in [5.41, 5.74) is 2.58. The maximum atomic E-state index is 12.7. The number of carbonyl (C=O) groups is 1. The minimum atomic E-state index is -0.190. The molecule has 1 N–H and O–H groups in total. The van der Waals surface area contributed by atoms with E-state index in [0.29, 0.717) is 28.7 Å². The van der Waals surface area contributed by atoms with E-state index in [-0.39, 0.29) is 11.3 Å². The average Bonchev–Trinajstić information content (AvgIpc) is 3.02. The fourth-order valence-corrected chi connectivity index (χ4v) is 4.90. The van der Waals surface area contributed by atoms with E-state index in [9.17, 15) is 10.1 Å². The van der Waals surface area contributed by atoms with Crippen molar-refractivity contribution >= 4 is 22.2 Å². The lowest BCUT2D eigenvalue weighted by Crippen LogP contribution is -2.26. The molecule has 0 unspecified atom stereocenters. The third-order valence-electron chi connectivity index (χ3n) is 5.42. The number of fused-ring (bicyclic) bond motifs is 1. The van der Waals surface area contributed by atoms with Crippen molar-refractivity contribution in [1.82, 2.24) is 0 Å². The monoisotopic (exact) mass is 396 g/mol. The third kappa shape index (κ3) is 4.39. The van der Waals surface area contributed by atoms with Gasteiger partial charge in [-0.1, -0.05) is 27.7 Å². The number of thiophene rings is 1. The molecule has 1 aliphatic carbocycles. The van der Waals surface area contributed by atoms with Crippen molar-refractivity contribution in [2.24, 2.45) is 11.3 Å². The summed E-state index contributed by atoms with van der Waals surface area (Å²) in [4.78, 5) is 13.9. The molecule has 28 heavy (non-hydrogen) atoms. The number of rotatable bonds is 5. The number of carbonyl (C=O) groups excluding carboxylic acids is 1. The zero-order valence-electron chi connectivity index (χ0n) is 17.1. The lowest BCUT2D eigenvalue weighted by atomic mass is 9.72. The molecular weight excluding hydrogens is 368 g/mol. The molecule has 0 saturated carbocycles. The molecule has 148 valence electrons. The minimum Gasteiger partial charge on any atom is -0.494 e. The van der Waals surface area contributed by atoms with Crippen molar-refractivity contribution in [2.75, 3.05) is 11.9 Å². The highest BCUT2D eigenvalue weighted by Crippen LogP contribution is 2.44. The highest BCUT2D eigenvalue weighted by atomic mass is 32.1. The van der Waals surface area contributed by atoms with Gasteiger partial charge in [0.2, 0.25) is 0 Å². The number of hydrogen-bond acceptors (Lipinski definition) is 4. The molecule has 1 amide bonds. The second-order valence-corrected chi connectivity index (χ2v) is 9.56. The van der Waals surface area contributed by atoms with Gasteiger partial charge in [0.15, 0.2) is 0 Å². The van der Waals surface area contributed by atoms with Crippen molar-refractivity contribution < 1.29 is 9.53 Å². The number of hydrogen-bond donors (Lipinski definition) is 1. The van der Waals surface area contributed by atoms with Gasteiger partial charge in [0.05, 0.1) is 12.2 Å². The molecule has 1 atom stereocenters. The second-order valence-electron chi connectivity index (χ2n) is 8.45. The number of nitrogens with one attached hydrogen (secondary N) is 1. The average molecular weight is 397 g/mol. The summed E-state index contributed by atoms with van der Waals surface area (Å²) in [6, 6.07) is 9.46. The zero-order valence-corrected chi connectivity index (χ0v) is 17.9. The van der Waals surface area contributed by atoms with Crippen LogP contribution in [-0.4, -0.2) is 12.5 Å². The molecule has 4 nitrogen and oxygen atoms in total. The van der Waals surface area contributed by atoms with Gasteiger partial charge in [0.1, 0.15) is 16.8 Å². The standard InChI is InChI=1S/C23H28N2O2S/c1-5-12-27-17-9-6-15(7-10-17)21(26)25-22-19(14-24)18-11-8-16(23(2,3)4)13-20(18)28-22/h6-7,9-10,16H,5,8,11-13H2,1-4H3,(H,25,26)/t16-/m1/s1. The van der Waals surface area contributed by atoms with E-state index in [1.54, 1.807) is 23.5 Å². The Labute approximate surface area is 171 Å². The molecule has 0 bridgehead atoms. The molecule has 0 fully saturated rings. The van der Waals surface area contributed by atoms with Crippen LogP contribution >= 0.6 is 11.3 Å². The fraction of sp³-hybridized carbons (Fsp3) is 0.478. The predicted molar refractivity (Wildman–Crippen MR) is 114 cm³/mol. The van der Waals surface area contributed by atoms with Crippen molar-refractivity contribution in [3.8, 4) is 11.8 Å². The Bertz CT molecular complexity index is 885. The van der Waals surface area contributed by atoms with Crippen LogP contribution in [0, 0.1) is 22.7 Å². The van der Waals surface area contributed by atoms with Crippen LogP contribution in [-0.2, 0) is 12.8 Å². The first-order valence-corrected chi connectivity index (χ1v) is 10.7. The highest BCUT2D eigenvalue weighted by Gasteiger charge is 2.32. The van der Waals surface area contributed by atoms with Crippen LogP contribution < -0.4 is 10.1 Å². The van der Waals surface area contributed by atoms with E-state index in [2.05, 4.69) is 39.1 Å². The first-order chi connectivity index (χ1) is 13.3. The van der Waals surface area contributed by atoms with Gasteiger partial charge >= 0.3 is 0 Å². The summed E-state index contributed by atoms with van der Waals surface area (Å²) < 4.78 is 5.56. The van der Waals surface area contributed by atoms with E-state index < -0.39 is 0 Å². The van der Waals surface area contributed by atoms with Gasteiger partial charge < -0.3 is 10.1 Å². The molecule has 3 rings (SSSR count). The number of nitriles is 1. The molecule has 0 aliphatic heterocycles. The molecule has 1 aromatic heterocycles. The lowest BCUT2D eigenvalue weighted by molar-refractivity contribution is 0.102. The van der Waals surface area contributed by atoms with Gasteiger partial charge in [-0.05, 0) is 66.8 Å². The van der Waals surface area contributed by atoms with Gasteiger partial charge in [0, 0.05) is 10.4 Å². The highest BCUT2D eigenvalue weighted by molar-refractivity contribution is 7.16. The molecule has 1 aliphatic rings. The molecule has 1 aromatic carbocycles. The smallest absolute Gasteiger partial charge is 0.256 e. The summed E-state index contributed by atoms with van der Waals surface area (Å²) in [5.74, 6) is 1.17. The van der Waals surface area contributed by atoms with Crippen molar-refractivity contribution in [2.45, 2.75) is 53.4 Å². The first kappa shape index (κ1) is 20.4. The van der Waals surface area contributed by atoms with Crippen LogP contribution in [0.15, 0.2) is 24.3 Å². The van der Waals surface area contributed by atoms with Crippen molar-refractivity contribution in [1.29, 1.82) is 5.26 Å². The minimum absolute atomic E-state index is 0.190. The number of ether oxygens (including phenoxy) is 1. The Morgan fingerprint density at radius 3 is 2.64 bits per heavy atom. The van der Waals surface area contributed by atoms with E-state index in [1.165, 1.54) is 4.88 Å². The van der Waals surface area contributed by atoms with Crippen molar-refractivity contribution in [3.63, 3.8) is 0 Å². The normalized spacial score (nSPS) is 16.2. The molecule has 5 heteroatoms. The molecule has 1 heterocycles. The van der Waals surface area contributed by atoms with Crippen LogP contribution in [0.1, 0.15) is 66.9 Å². The SMILES string of the molecule is CCCOc1ccc(C(=O)Nc2sc3c(c2C#N)CC[C@@H](C(C)(C)C)C3)cc1. The van der Waals surface area contributed by atoms with E-state index >= 15 is 0 Å². The van der Waals surface area contributed by atoms with Crippen LogP contribution in [0.25, 0.3) is 0 Å². The largest absolute Gasteiger partial charge is 0.494 e. The lowest BCUT2D eigenvalue weighted by Gasteiger charge is -2.33. The van der Waals surface area contributed by atoms with Gasteiger partial charge in [-0.2, -0.15) is 5.26 Å². The van der Waals surface area contributed by atoms with Crippen LogP contribution in [0.4, 0.5) is 5.00 Å². The number of amides is 1. The van der Waals surface area contributed by atoms with Gasteiger partial charge in [-0.3, -0.25) is 4.79 Å². The van der Waals surface area contributed by atoms with Crippen LogP contribution in [0.5, 0.6) is 5.75 Å². The first-order valence-electron chi connectivity index (χ1n) is 9.92. The molecule has 0 radical (unpaired) electrons. The number of nitrogens with zero attached hydrogens (tertiary/aromatic N) is 1. The van der Waals surface area contributed by atoms with E-state index in [1.807, 2.05) is 12.1 Å². The van der Waals surface area contributed by atoms with Gasteiger partial charge in [-0.25, -0.2) is 0 Å². The summed E-state index contributed by atoms with van der Waals surface area (Å²) in [7, 11) is 0. The van der Waals surface area contributed by atoms with Gasteiger partial charge in [0.25, 0.3) is 5.91 Å². The van der Waals surface area contributed by atoms with E-state index in [4.69, 9.17) is 4.74 Å². The summed E-state index contributed by atoms with van der Waals surface area (Å²) >= 11 is 1.56. The number of anilines is 1. The Balaban J connectivity index is 1.77. The Hall–Kier alpha value is -2.32. The maximum absolute atomic E-state index is 12.7. The molecule has 2 aromatic rings. The maximum Gasteiger partial charge on any atom is 0.256 e. The Morgan fingerprint density at radius 2 is 2.04 bits per heavy atom. The van der Waals surface area contributed by atoms with Crippen molar-refractivity contribution in [3.05, 3.63) is 45.8 Å². The Kier molecular flexibility index (Phi) is 6.10. The van der Waals surface area contributed by atoms with Crippen LogP contribution in [0.3, 0.4) is 0 Å². The molecular formula is C23H28N2O2S. The predicted octanol–water partition coefficient (Wildman–Crippen LogP) is 5.81. The van der Waals surface area contributed by atoms with Gasteiger partial charge in [-0.15, -0.1) is 11.3 Å². The third-order valence-corrected chi connectivity index (χ3v) is 6.59. The second kappa shape index (κ2) is 8.36. The van der Waals surface area contributed by atoms with E-state index in [0.717, 1.165) is 37.0 Å². The topological polar surface area (TPSA) is 62.1 Å². The fourth-order valence-electron chi connectivity index (χ4n) is 3.63. The van der Waals surface area contributed by atoms with Crippen LogP contribution in [0.2, 0.25) is 0 Å². The summed E-state index contributed by atoms with van der Waals surface area (Å²) in [5, 5.41) is 13.3. The zero-order chi connectivity index (χ0) is 20.3. The molecule has 0 saturated heterocycles. The quantitative estimate of drug-likeness (QED) is 0.693. The summed E-state index contributed by atoms with van der Waals surface area (Å²) in [6.07, 6.45) is 3.93. The number of benzene rings is 1. The summed E-state index contributed by atoms with van der Waals surface area (Å²) in [6.45, 7) is 9.54. The Morgan fingerprint density at radius 1 is 1.32 bits per heavy atom. The molecule has 0 spiro atoms.